The molecule has 0 saturated carbocycles. The maximum Gasteiger partial charge on any atom is 0.150 e. The summed E-state index contributed by atoms with van der Waals surface area (Å²) in [6.45, 7) is 5.97. The lowest BCUT2D eigenvalue weighted by Gasteiger charge is -2.31. The Bertz CT molecular complexity index is 327. The van der Waals surface area contributed by atoms with Crippen LogP contribution in [0.4, 0.5) is 0 Å². The van der Waals surface area contributed by atoms with Crippen molar-refractivity contribution in [3.63, 3.8) is 0 Å². The van der Waals surface area contributed by atoms with Crippen molar-refractivity contribution in [3.05, 3.63) is 17.5 Å². The number of likely N-dealkylation sites (tertiary alicyclic amines) is 1. The van der Waals surface area contributed by atoms with Gasteiger partial charge in [-0.05, 0) is 45.2 Å². The third kappa shape index (κ3) is 4.30. The first-order valence-electron chi connectivity index (χ1n) is 6.12. The van der Waals surface area contributed by atoms with Crippen molar-refractivity contribution in [1.82, 2.24) is 10.1 Å². The summed E-state index contributed by atoms with van der Waals surface area (Å²) in [4.78, 5) is 2.45. The van der Waals surface area contributed by atoms with Gasteiger partial charge in [0, 0.05) is 12.6 Å². The van der Waals surface area contributed by atoms with Crippen LogP contribution in [0.2, 0.25) is 0 Å². The predicted molar refractivity (Wildman–Crippen MR) is 70.2 cm³/mol. The summed E-state index contributed by atoms with van der Waals surface area (Å²) in [7, 11) is 0. The Morgan fingerprint density at radius 3 is 3.06 bits per heavy atom. The number of hydrogen-bond acceptors (Lipinski definition) is 4. The van der Waals surface area contributed by atoms with E-state index in [1.54, 1.807) is 0 Å². The van der Waals surface area contributed by atoms with Crippen molar-refractivity contribution >= 4 is 12.4 Å². The van der Waals surface area contributed by atoms with Crippen LogP contribution in [0.5, 0.6) is 0 Å². The number of rotatable bonds is 4. The summed E-state index contributed by atoms with van der Waals surface area (Å²) in [6.07, 6.45) is 3.74. The highest BCUT2D eigenvalue weighted by atomic mass is 35.5. The zero-order valence-electron chi connectivity index (χ0n) is 10.4. The largest absolute Gasteiger partial charge is 0.360 e. The van der Waals surface area contributed by atoms with Crippen LogP contribution in [0.25, 0.3) is 0 Å². The zero-order valence-corrected chi connectivity index (χ0v) is 11.2. The molecule has 1 atom stereocenters. The van der Waals surface area contributed by atoms with Gasteiger partial charge in [0.15, 0.2) is 5.76 Å². The maximum atomic E-state index is 5.61. The van der Waals surface area contributed by atoms with Crippen LogP contribution in [0.3, 0.4) is 0 Å². The van der Waals surface area contributed by atoms with Crippen molar-refractivity contribution in [1.29, 1.82) is 0 Å². The minimum absolute atomic E-state index is 0. The van der Waals surface area contributed by atoms with Crippen LogP contribution in [0.15, 0.2) is 10.6 Å². The predicted octanol–water partition coefficient (Wildman–Crippen LogP) is 1.97. The van der Waals surface area contributed by atoms with Gasteiger partial charge < -0.3 is 10.3 Å². The summed E-state index contributed by atoms with van der Waals surface area (Å²) in [5, 5.41) is 3.92. The number of nitrogens with two attached hydrogens (primary N) is 1. The molecule has 98 valence electrons. The van der Waals surface area contributed by atoms with Gasteiger partial charge in [-0.1, -0.05) is 5.16 Å². The van der Waals surface area contributed by atoms with Crippen molar-refractivity contribution in [3.8, 4) is 0 Å². The first-order chi connectivity index (χ1) is 7.78. The van der Waals surface area contributed by atoms with Gasteiger partial charge in [-0.25, -0.2) is 0 Å². The van der Waals surface area contributed by atoms with E-state index in [4.69, 9.17) is 10.3 Å². The SMILES string of the molecule is Cc1cc(CN2CCCC(CCN)C2)on1.Cl. The number of piperidine rings is 1. The van der Waals surface area contributed by atoms with Crippen molar-refractivity contribution in [2.45, 2.75) is 32.7 Å². The smallest absolute Gasteiger partial charge is 0.150 e. The number of hydrogen-bond donors (Lipinski definition) is 1. The highest BCUT2D eigenvalue weighted by Gasteiger charge is 2.20. The molecule has 1 aromatic rings. The van der Waals surface area contributed by atoms with Crippen molar-refractivity contribution < 1.29 is 4.52 Å². The standard InChI is InChI=1S/C12H21N3O.ClH/c1-10-7-12(16-14-10)9-15-6-2-3-11(8-15)4-5-13;/h7,11H,2-6,8-9,13H2,1H3;1H. The lowest BCUT2D eigenvalue weighted by Crippen LogP contribution is -2.35. The number of nitrogens with zero attached hydrogens (tertiary/aromatic N) is 2. The average molecular weight is 260 g/mol. The third-order valence-electron chi connectivity index (χ3n) is 3.23. The van der Waals surface area contributed by atoms with Gasteiger partial charge in [0.2, 0.25) is 0 Å². The lowest BCUT2D eigenvalue weighted by molar-refractivity contribution is 0.149. The van der Waals surface area contributed by atoms with Gasteiger partial charge in [0.25, 0.3) is 0 Å². The number of aryl methyl sites for hydroxylation is 1. The van der Waals surface area contributed by atoms with E-state index in [-0.39, 0.29) is 12.4 Å². The Morgan fingerprint density at radius 1 is 1.59 bits per heavy atom. The monoisotopic (exact) mass is 259 g/mol. The zero-order chi connectivity index (χ0) is 11.4. The van der Waals surface area contributed by atoms with Crippen LogP contribution >= 0.6 is 12.4 Å². The topological polar surface area (TPSA) is 55.3 Å². The quantitative estimate of drug-likeness (QED) is 0.898. The Morgan fingerprint density at radius 2 is 2.41 bits per heavy atom. The third-order valence-corrected chi connectivity index (χ3v) is 3.23. The van der Waals surface area contributed by atoms with Crippen LogP contribution in [-0.4, -0.2) is 29.7 Å². The Hall–Kier alpha value is -0.580. The molecule has 2 heterocycles. The summed E-state index contributed by atoms with van der Waals surface area (Å²) in [5.41, 5.74) is 6.58. The fourth-order valence-corrected chi connectivity index (χ4v) is 2.48. The first-order valence-corrected chi connectivity index (χ1v) is 6.12. The van der Waals surface area contributed by atoms with E-state index < -0.39 is 0 Å². The normalized spacial score (nSPS) is 21.2. The Balaban J connectivity index is 0.00000144. The minimum Gasteiger partial charge on any atom is -0.360 e. The van der Waals surface area contributed by atoms with Gasteiger partial charge in [-0.3, -0.25) is 4.90 Å². The molecule has 0 radical (unpaired) electrons. The molecular formula is C12H22ClN3O. The van der Waals surface area contributed by atoms with Crippen molar-refractivity contribution in [2.75, 3.05) is 19.6 Å². The maximum absolute atomic E-state index is 5.61. The Labute approximate surface area is 109 Å². The Kier molecular flexibility index (Phi) is 5.95. The molecular weight excluding hydrogens is 238 g/mol. The van der Waals surface area contributed by atoms with Crippen LogP contribution in [0, 0.1) is 12.8 Å². The highest BCUT2D eigenvalue weighted by Crippen LogP contribution is 2.20. The van der Waals surface area contributed by atoms with Gasteiger partial charge >= 0.3 is 0 Å². The molecule has 2 rings (SSSR count). The van der Waals surface area contributed by atoms with Crippen LogP contribution < -0.4 is 5.73 Å². The van der Waals surface area contributed by atoms with E-state index in [1.807, 2.05) is 13.0 Å². The van der Waals surface area contributed by atoms with Gasteiger partial charge in [0.05, 0.1) is 12.2 Å². The van der Waals surface area contributed by atoms with Crippen LogP contribution in [-0.2, 0) is 6.54 Å². The van der Waals surface area contributed by atoms with Crippen molar-refractivity contribution in [2.24, 2.45) is 11.7 Å². The molecule has 0 amide bonds. The molecule has 1 unspecified atom stereocenters. The van der Waals surface area contributed by atoms with E-state index in [2.05, 4.69) is 10.1 Å². The fourth-order valence-electron chi connectivity index (χ4n) is 2.48. The molecule has 5 heteroatoms. The molecule has 0 bridgehead atoms. The molecule has 4 nitrogen and oxygen atoms in total. The minimum atomic E-state index is 0. The molecule has 0 spiro atoms. The molecule has 1 fully saturated rings. The molecule has 1 aromatic heterocycles. The average Bonchev–Trinajstić information content (AvgIpc) is 2.65. The van der Waals surface area contributed by atoms with E-state index in [0.717, 1.165) is 43.4 Å². The number of aromatic nitrogens is 1. The second kappa shape index (κ2) is 6.99. The second-order valence-electron chi connectivity index (χ2n) is 4.76. The molecule has 1 saturated heterocycles. The number of halogens is 1. The summed E-state index contributed by atoms with van der Waals surface area (Å²) in [5.74, 6) is 1.74. The lowest BCUT2D eigenvalue weighted by atomic mass is 9.95. The molecule has 1 aliphatic heterocycles. The summed E-state index contributed by atoms with van der Waals surface area (Å²) in [6, 6.07) is 2.02. The van der Waals surface area contributed by atoms with E-state index in [1.165, 1.54) is 19.4 Å². The van der Waals surface area contributed by atoms with Crippen LogP contribution in [0.1, 0.15) is 30.7 Å². The summed E-state index contributed by atoms with van der Waals surface area (Å²) < 4.78 is 5.25. The second-order valence-corrected chi connectivity index (χ2v) is 4.76. The van der Waals surface area contributed by atoms with E-state index in [9.17, 15) is 0 Å². The summed E-state index contributed by atoms with van der Waals surface area (Å²) >= 11 is 0. The van der Waals surface area contributed by atoms with E-state index in [0.29, 0.717) is 0 Å². The molecule has 0 aliphatic carbocycles. The fraction of sp³-hybridized carbons (Fsp3) is 0.750. The highest BCUT2D eigenvalue weighted by molar-refractivity contribution is 5.85. The molecule has 0 aromatic carbocycles. The molecule has 17 heavy (non-hydrogen) atoms. The van der Waals surface area contributed by atoms with Gasteiger partial charge in [-0.15, -0.1) is 12.4 Å². The van der Waals surface area contributed by atoms with Gasteiger partial charge in [0.1, 0.15) is 0 Å². The van der Waals surface area contributed by atoms with E-state index >= 15 is 0 Å². The first kappa shape index (κ1) is 14.5. The van der Waals surface area contributed by atoms with Gasteiger partial charge in [-0.2, -0.15) is 0 Å². The molecule has 1 aliphatic rings. The molecule has 2 N–H and O–H groups in total.